The monoisotopic (exact) mass is 416 g/mol. The number of hydrogen-bond donors (Lipinski definition) is 2. The number of aliphatic carboxylic acids is 1. The van der Waals surface area contributed by atoms with Gasteiger partial charge in [0.25, 0.3) is 0 Å². The summed E-state index contributed by atoms with van der Waals surface area (Å²) in [6.45, 7) is 9.41. The Balaban J connectivity index is 1.44. The van der Waals surface area contributed by atoms with Crippen molar-refractivity contribution in [2.45, 2.75) is 104 Å². The predicted octanol–water partition coefficient (Wildman–Crippen LogP) is 6.45. The zero-order valence-electron chi connectivity index (χ0n) is 19.7. The first-order valence-electron chi connectivity index (χ1n) is 12.8. The molecule has 0 aromatic carbocycles. The summed E-state index contributed by atoms with van der Waals surface area (Å²) >= 11 is 0. The van der Waals surface area contributed by atoms with E-state index in [-0.39, 0.29) is 12.0 Å². The van der Waals surface area contributed by atoms with Crippen molar-refractivity contribution in [1.82, 2.24) is 0 Å². The van der Waals surface area contributed by atoms with E-state index in [1.165, 1.54) is 44.9 Å². The lowest BCUT2D eigenvalue weighted by molar-refractivity contribution is -0.141. The van der Waals surface area contributed by atoms with E-state index in [1.54, 1.807) is 5.57 Å². The maximum absolute atomic E-state index is 11.1. The Kier molecular flexibility index (Phi) is 6.16. The van der Waals surface area contributed by atoms with Crippen LogP contribution >= 0.6 is 0 Å². The summed E-state index contributed by atoms with van der Waals surface area (Å²) in [6.07, 6.45) is 15.2. The van der Waals surface area contributed by atoms with Gasteiger partial charge in [0.1, 0.15) is 0 Å². The average Bonchev–Trinajstić information content (AvgIpc) is 3.05. The molecule has 4 rings (SSSR count). The normalized spacial score (nSPS) is 45.0. The van der Waals surface area contributed by atoms with Crippen LogP contribution in [0.2, 0.25) is 0 Å². The minimum Gasteiger partial charge on any atom is -0.481 e. The molecule has 4 aliphatic carbocycles. The summed E-state index contributed by atoms with van der Waals surface area (Å²) in [6, 6.07) is 0. The first kappa shape index (κ1) is 22.4. The largest absolute Gasteiger partial charge is 0.481 e. The van der Waals surface area contributed by atoms with Crippen LogP contribution in [0.4, 0.5) is 0 Å². The van der Waals surface area contributed by atoms with Crippen LogP contribution in [0.5, 0.6) is 0 Å². The summed E-state index contributed by atoms with van der Waals surface area (Å²) in [5.41, 5.74) is 2.37. The quantitative estimate of drug-likeness (QED) is 0.489. The molecule has 2 N–H and O–H groups in total. The molecule has 30 heavy (non-hydrogen) atoms. The summed E-state index contributed by atoms with van der Waals surface area (Å²) in [5.74, 6) is 3.14. The Hall–Kier alpha value is -0.830. The molecule has 0 aromatic rings. The van der Waals surface area contributed by atoms with Crippen LogP contribution < -0.4 is 0 Å². The lowest BCUT2D eigenvalue weighted by Crippen LogP contribution is -2.50. The molecule has 0 bridgehead atoms. The summed E-state index contributed by atoms with van der Waals surface area (Å²) in [4.78, 5) is 11.1. The fourth-order valence-corrected chi connectivity index (χ4v) is 8.69. The molecule has 0 saturated heterocycles. The van der Waals surface area contributed by atoms with E-state index in [4.69, 9.17) is 5.11 Å². The van der Waals surface area contributed by atoms with Crippen molar-refractivity contribution in [3.8, 4) is 0 Å². The molecular weight excluding hydrogens is 372 g/mol. The topological polar surface area (TPSA) is 57.5 Å². The van der Waals surface area contributed by atoms with Gasteiger partial charge in [-0.2, -0.15) is 0 Å². The van der Waals surface area contributed by atoms with E-state index in [0.29, 0.717) is 16.7 Å². The molecule has 4 aliphatic rings. The van der Waals surface area contributed by atoms with Gasteiger partial charge in [0.15, 0.2) is 0 Å². The minimum absolute atomic E-state index is 0.115. The molecule has 0 aromatic heterocycles. The fraction of sp³-hybridized carbons (Fsp3) is 0.889. The molecule has 3 fully saturated rings. The summed E-state index contributed by atoms with van der Waals surface area (Å²) < 4.78 is 0. The minimum atomic E-state index is -0.651. The third-order valence-corrected chi connectivity index (χ3v) is 10.6. The van der Waals surface area contributed by atoms with Crippen LogP contribution in [-0.4, -0.2) is 22.3 Å². The molecule has 170 valence electrons. The second-order valence-electron chi connectivity index (χ2n) is 12.0. The third kappa shape index (κ3) is 3.67. The van der Waals surface area contributed by atoms with Gasteiger partial charge < -0.3 is 10.2 Å². The molecule has 0 amide bonds. The van der Waals surface area contributed by atoms with Crippen LogP contribution in [0, 0.1) is 46.3 Å². The van der Waals surface area contributed by atoms with Crippen LogP contribution in [0.1, 0.15) is 98.3 Å². The van der Waals surface area contributed by atoms with E-state index < -0.39 is 5.97 Å². The van der Waals surface area contributed by atoms with Crippen molar-refractivity contribution >= 4 is 5.97 Å². The van der Waals surface area contributed by atoms with Gasteiger partial charge in [-0.25, -0.2) is 0 Å². The van der Waals surface area contributed by atoms with E-state index in [1.807, 2.05) is 6.92 Å². The van der Waals surface area contributed by atoms with Gasteiger partial charge in [-0.15, -0.1) is 0 Å². The Bertz CT molecular complexity index is 684. The number of fused-ring (bicyclic) bond motifs is 5. The highest BCUT2D eigenvalue weighted by molar-refractivity contribution is 5.69. The van der Waals surface area contributed by atoms with Gasteiger partial charge in [-0.1, -0.05) is 52.2 Å². The van der Waals surface area contributed by atoms with Crippen molar-refractivity contribution in [2.24, 2.45) is 46.3 Å². The second-order valence-corrected chi connectivity index (χ2v) is 12.0. The SMILES string of the molecule is C[C@@H](CCC[C@H](C)[C@@H]1CC[C@@H]2[C@H]3CC=C4C[C@@H](O)CC[C@]4(C)[C@@H]3CC[C@@]21C)C(=O)O. The van der Waals surface area contributed by atoms with Crippen LogP contribution in [0.25, 0.3) is 0 Å². The number of aliphatic hydroxyl groups excluding tert-OH is 1. The fourth-order valence-electron chi connectivity index (χ4n) is 8.69. The van der Waals surface area contributed by atoms with Crippen molar-refractivity contribution < 1.29 is 15.0 Å². The summed E-state index contributed by atoms with van der Waals surface area (Å²) in [7, 11) is 0. The highest BCUT2D eigenvalue weighted by Gasteiger charge is 2.59. The highest BCUT2D eigenvalue weighted by Crippen LogP contribution is 2.67. The number of carboxylic acid groups (broad SMARTS) is 1. The van der Waals surface area contributed by atoms with Crippen molar-refractivity contribution in [3.05, 3.63) is 11.6 Å². The van der Waals surface area contributed by atoms with E-state index in [0.717, 1.165) is 49.4 Å². The molecule has 3 saturated carbocycles. The van der Waals surface area contributed by atoms with Crippen LogP contribution in [0.3, 0.4) is 0 Å². The predicted molar refractivity (Wildman–Crippen MR) is 121 cm³/mol. The molecule has 0 radical (unpaired) electrons. The zero-order valence-corrected chi connectivity index (χ0v) is 19.7. The lowest BCUT2D eigenvalue weighted by atomic mass is 9.47. The van der Waals surface area contributed by atoms with Gasteiger partial charge >= 0.3 is 5.97 Å². The van der Waals surface area contributed by atoms with Gasteiger partial charge in [-0.3, -0.25) is 4.79 Å². The average molecular weight is 417 g/mol. The van der Waals surface area contributed by atoms with E-state index in [2.05, 4.69) is 26.8 Å². The number of rotatable bonds is 6. The van der Waals surface area contributed by atoms with Crippen LogP contribution in [-0.2, 0) is 4.79 Å². The smallest absolute Gasteiger partial charge is 0.306 e. The third-order valence-electron chi connectivity index (χ3n) is 10.6. The molecule has 0 spiro atoms. The van der Waals surface area contributed by atoms with Gasteiger partial charge in [-0.05, 0) is 98.2 Å². The maximum Gasteiger partial charge on any atom is 0.306 e. The van der Waals surface area contributed by atoms with Crippen molar-refractivity contribution in [1.29, 1.82) is 0 Å². The number of carbonyl (C=O) groups is 1. The number of allylic oxidation sites excluding steroid dienone is 1. The molecule has 9 atom stereocenters. The highest BCUT2D eigenvalue weighted by atomic mass is 16.4. The standard InChI is InChI=1S/C27H44O3/c1-17(6-5-7-18(2)25(29)30)22-10-11-23-21-9-8-19-16-20(28)12-14-26(19,3)24(21)13-15-27(22,23)4/h8,17-18,20-24,28H,5-7,9-16H2,1-4H3,(H,29,30)/t17-,18-,20-,21+,22-,23+,24+,26-,27+/m0/s1. The van der Waals surface area contributed by atoms with Gasteiger partial charge in [0.05, 0.1) is 12.0 Å². The maximum atomic E-state index is 11.1. The number of aliphatic hydroxyl groups is 1. The Morgan fingerprint density at radius 2 is 1.87 bits per heavy atom. The van der Waals surface area contributed by atoms with Gasteiger partial charge in [0, 0.05) is 0 Å². The molecule has 3 nitrogen and oxygen atoms in total. The Morgan fingerprint density at radius 1 is 1.10 bits per heavy atom. The first-order chi connectivity index (χ1) is 14.2. The first-order valence-corrected chi connectivity index (χ1v) is 12.8. The summed E-state index contributed by atoms with van der Waals surface area (Å²) in [5, 5.41) is 19.4. The molecule has 0 unspecified atom stereocenters. The van der Waals surface area contributed by atoms with Crippen molar-refractivity contribution in [2.75, 3.05) is 0 Å². The Labute approximate surface area is 183 Å². The molecule has 3 heteroatoms. The molecule has 0 aliphatic heterocycles. The van der Waals surface area contributed by atoms with E-state index >= 15 is 0 Å². The van der Waals surface area contributed by atoms with Crippen molar-refractivity contribution in [3.63, 3.8) is 0 Å². The van der Waals surface area contributed by atoms with E-state index in [9.17, 15) is 9.90 Å². The molecular formula is C27H44O3. The Morgan fingerprint density at radius 3 is 2.60 bits per heavy atom. The number of carboxylic acids is 1. The lowest BCUT2D eigenvalue weighted by Gasteiger charge is -2.58. The van der Waals surface area contributed by atoms with Crippen LogP contribution in [0.15, 0.2) is 11.6 Å². The molecule has 0 heterocycles. The second kappa shape index (κ2) is 8.26. The zero-order chi connectivity index (χ0) is 21.7. The van der Waals surface area contributed by atoms with Gasteiger partial charge in [0.2, 0.25) is 0 Å². The number of hydrogen-bond acceptors (Lipinski definition) is 2.